The molecular formula is C10H18N2. The average molecular weight is 166 g/mol. The maximum Gasteiger partial charge on any atom is 0.00761 e. The van der Waals surface area contributed by atoms with Crippen LogP contribution in [0.15, 0.2) is 30.3 Å². The van der Waals surface area contributed by atoms with Crippen molar-refractivity contribution < 1.29 is 0 Å². The van der Waals surface area contributed by atoms with Crippen LogP contribution >= 0.6 is 0 Å². The van der Waals surface area contributed by atoms with Gasteiger partial charge in [0.05, 0.1) is 0 Å². The van der Waals surface area contributed by atoms with Crippen molar-refractivity contribution in [3.8, 4) is 0 Å². The van der Waals surface area contributed by atoms with E-state index >= 15 is 0 Å². The van der Waals surface area contributed by atoms with E-state index < -0.39 is 0 Å². The molecule has 0 aliphatic rings. The molecule has 0 spiro atoms. The number of rotatable bonds is 3. The van der Waals surface area contributed by atoms with Crippen molar-refractivity contribution in [3.05, 3.63) is 35.9 Å². The molecule has 0 aliphatic carbocycles. The molecule has 68 valence electrons. The van der Waals surface area contributed by atoms with E-state index in [1.807, 2.05) is 13.1 Å². The van der Waals surface area contributed by atoms with E-state index in [1.165, 1.54) is 5.56 Å². The first-order valence-corrected chi connectivity index (χ1v) is 4.04. The summed E-state index contributed by atoms with van der Waals surface area (Å²) in [6.07, 6.45) is 1.11. The van der Waals surface area contributed by atoms with Gasteiger partial charge in [0.2, 0.25) is 0 Å². The first kappa shape index (κ1) is 11.1. The van der Waals surface area contributed by atoms with Crippen molar-refractivity contribution >= 4 is 0 Å². The zero-order valence-electron chi connectivity index (χ0n) is 7.88. The average Bonchev–Trinajstić information content (AvgIpc) is 2.06. The van der Waals surface area contributed by atoms with Crippen LogP contribution in [0.5, 0.6) is 0 Å². The second kappa shape index (κ2) is 5.75. The van der Waals surface area contributed by atoms with Gasteiger partial charge in [0.1, 0.15) is 0 Å². The summed E-state index contributed by atoms with van der Waals surface area (Å²) in [6.45, 7) is 2.19. The number of likely N-dealkylation sites (N-methyl/N-ethyl adjacent to an activating group) is 1. The Balaban J connectivity index is 0.00000121. The van der Waals surface area contributed by atoms with Gasteiger partial charge in [-0.25, -0.2) is 0 Å². The molecule has 0 aromatic heterocycles. The first-order chi connectivity index (χ1) is 5.33. The van der Waals surface area contributed by atoms with Gasteiger partial charge in [-0.2, -0.15) is 0 Å². The lowest BCUT2D eigenvalue weighted by molar-refractivity contribution is 0.608. The maximum absolute atomic E-state index is 3.21. The molecule has 0 saturated carbocycles. The van der Waals surface area contributed by atoms with Crippen LogP contribution < -0.4 is 11.5 Å². The fourth-order valence-electron chi connectivity index (χ4n) is 1.07. The van der Waals surface area contributed by atoms with Gasteiger partial charge >= 0.3 is 0 Å². The fourth-order valence-corrected chi connectivity index (χ4v) is 1.07. The Morgan fingerprint density at radius 1 is 1.25 bits per heavy atom. The molecule has 0 saturated heterocycles. The number of hydrogen-bond donors (Lipinski definition) is 2. The van der Waals surface area contributed by atoms with E-state index in [-0.39, 0.29) is 6.15 Å². The van der Waals surface area contributed by atoms with Crippen molar-refractivity contribution in [2.45, 2.75) is 19.4 Å². The van der Waals surface area contributed by atoms with Gasteiger partial charge in [0.15, 0.2) is 0 Å². The van der Waals surface area contributed by atoms with Gasteiger partial charge in [0.25, 0.3) is 0 Å². The summed E-state index contributed by atoms with van der Waals surface area (Å²) in [6, 6.07) is 11.1. The predicted molar refractivity (Wildman–Crippen MR) is 53.7 cm³/mol. The van der Waals surface area contributed by atoms with E-state index in [0.29, 0.717) is 6.04 Å². The standard InChI is InChI=1S/C10H15N.H3N/c1-9(11-2)8-10-6-4-3-5-7-10;/h3-7,9,11H,8H2,1-2H3;1H3. The van der Waals surface area contributed by atoms with Gasteiger partial charge in [-0.15, -0.1) is 0 Å². The van der Waals surface area contributed by atoms with Gasteiger partial charge in [-0.05, 0) is 26.0 Å². The number of benzene rings is 1. The summed E-state index contributed by atoms with van der Waals surface area (Å²) in [5.74, 6) is 0. The van der Waals surface area contributed by atoms with Crippen LogP contribution in [0.25, 0.3) is 0 Å². The molecule has 4 N–H and O–H groups in total. The maximum atomic E-state index is 3.21. The van der Waals surface area contributed by atoms with Crippen LogP contribution in [-0.4, -0.2) is 13.1 Å². The molecule has 0 heterocycles. The molecular weight excluding hydrogens is 148 g/mol. The third-order valence-electron chi connectivity index (χ3n) is 1.88. The Hall–Kier alpha value is -0.860. The van der Waals surface area contributed by atoms with Gasteiger partial charge in [-0.1, -0.05) is 30.3 Å². The molecule has 12 heavy (non-hydrogen) atoms. The van der Waals surface area contributed by atoms with E-state index in [0.717, 1.165) is 6.42 Å². The highest BCUT2D eigenvalue weighted by Crippen LogP contribution is 2.01. The third kappa shape index (κ3) is 3.51. The molecule has 1 aromatic rings. The number of hydrogen-bond acceptors (Lipinski definition) is 2. The second-order valence-electron chi connectivity index (χ2n) is 2.88. The smallest absolute Gasteiger partial charge is 0.00761 e. The van der Waals surface area contributed by atoms with Crippen molar-refractivity contribution in [2.75, 3.05) is 7.05 Å². The SMILES string of the molecule is CNC(C)Cc1ccccc1.N. The van der Waals surface area contributed by atoms with Gasteiger partial charge in [-0.3, -0.25) is 0 Å². The van der Waals surface area contributed by atoms with Crippen molar-refractivity contribution in [3.63, 3.8) is 0 Å². The lowest BCUT2D eigenvalue weighted by atomic mass is 10.1. The van der Waals surface area contributed by atoms with Crippen molar-refractivity contribution in [1.29, 1.82) is 0 Å². The molecule has 1 atom stereocenters. The Kier molecular flexibility index (Phi) is 5.34. The highest BCUT2D eigenvalue weighted by Gasteiger charge is 1.97. The summed E-state index contributed by atoms with van der Waals surface area (Å²) in [7, 11) is 1.99. The van der Waals surface area contributed by atoms with Crippen LogP contribution in [-0.2, 0) is 6.42 Å². The van der Waals surface area contributed by atoms with Crippen molar-refractivity contribution in [1.82, 2.24) is 11.5 Å². The molecule has 0 fully saturated rings. The lowest BCUT2D eigenvalue weighted by Crippen LogP contribution is -2.23. The number of nitrogens with one attached hydrogen (secondary N) is 1. The summed E-state index contributed by atoms with van der Waals surface area (Å²) >= 11 is 0. The van der Waals surface area contributed by atoms with Gasteiger partial charge in [0, 0.05) is 6.04 Å². The van der Waals surface area contributed by atoms with Crippen LogP contribution in [0.2, 0.25) is 0 Å². The van der Waals surface area contributed by atoms with Crippen molar-refractivity contribution in [2.24, 2.45) is 0 Å². The van der Waals surface area contributed by atoms with E-state index in [4.69, 9.17) is 0 Å². The van der Waals surface area contributed by atoms with Crippen LogP contribution in [0.1, 0.15) is 12.5 Å². The highest BCUT2D eigenvalue weighted by molar-refractivity contribution is 5.15. The fraction of sp³-hybridized carbons (Fsp3) is 0.400. The zero-order valence-corrected chi connectivity index (χ0v) is 7.88. The van der Waals surface area contributed by atoms with E-state index in [9.17, 15) is 0 Å². The monoisotopic (exact) mass is 166 g/mol. The van der Waals surface area contributed by atoms with Gasteiger partial charge < -0.3 is 11.5 Å². The first-order valence-electron chi connectivity index (χ1n) is 4.04. The minimum absolute atomic E-state index is 0. The third-order valence-corrected chi connectivity index (χ3v) is 1.88. The molecule has 0 aliphatic heterocycles. The minimum atomic E-state index is 0. The molecule has 1 aromatic carbocycles. The van der Waals surface area contributed by atoms with Crippen LogP contribution in [0, 0.1) is 0 Å². The highest BCUT2D eigenvalue weighted by atomic mass is 14.8. The Bertz CT molecular complexity index is 196. The quantitative estimate of drug-likeness (QED) is 0.721. The lowest BCUT2D eigenvalue weighted by Gasteiger charge is -2.08. The predicted octanol–water partition coefficient (Wildman–Crippen LogP) is 2.00. The molecule has 1 unspecified atom stereocenters. The topological polar surface area (TPSA) is 47.0 Å². The summed E-state index contributed by atoms with van der Waals surface area (Å²) in [5.41, 5.74) is 1.40. The Morgan fingerprint density at radius 3 is 2.33 bits per heavy atom. The Labute approximate surface area is 74.6 Å². The molecule has 0 bridgehead atoms. The molecule has 2 heteroatoms. The molecule has 1 rings (SSSR count). The summed E-state index contributed by atoms with van der Waals surface area (Å²) in [5, 5.41) is 3.21. The summed E-state index contributed by atoms with van der Waals surface area (Å²) < 4.78 is 0. The molecule has 0 amide bonds. The van der Waals surface area contributed by atoms with Crippen LogP contribution in [0.4, 0.5) is 0 Å². The summed E-state index contributed by atoms with van der Waals surface area (Å²) in [4.78, 5) is 0. The van der Waals surface area contributed by atoms with E-state index in [1.54, 1.807) is 0 Å². The minimum Gasteiger partial charge on any atom is -0.344 e. The molecule has 2 nitrogen and oxygen atoms in total. The largest absolute Gasteiger partial charge is 0.344 e. The normalized spacial score (nSPS) is 11.8. The van der Waals surface area contributed by atoms with E-state index in [2.05, 4.69) is 36.5 Å². The zero-order chi connectivity index (χ0) is 8.10. The Morgan fingerprint density at radius 2 is 1.83 bits per heavy atom. The molecule has 0 radical (unpaired) electrons. The van der Waals surface area contributed by atoms with Crippen LogP contribution in [0.3, 0.4) is 0 Å². The second-order valence-corrected chi connectivity index (χ2v) is 2.88.